The van der Waals surface area contributed by atoms with Gasteiger partial charge in [-0.3, -0.25) is 4.31 Å². The molecule has 1 N–H and O–H groups in total. The minimum absolute atomic E-state index is 0.0410. The molecular formula is C18H19NO7S. The third kappa shape index (κ3) is 4.26. The molecule has 2 rings (SSSR count). The fourth-order valence-electron chi connectivity index (χ4n) is 2.45. The molecule has 2 aromatic rings. The van der Waals surface area contributed by atoms with Crippen molar-refractivity contribution in [3.8, 4) is 0 Å². The quantitative estimate of drug-likeness (QED) is 0.709. The van der Waals surface area contributed by atoms with Crippen LogP contribution in [0.15, 0.2) is 53.4 Å². The molecule has 0 fully saturated rings. The molecule has 27 heavy (non-hydrogen) atoms. The summed E-state index contributed by atoms with van der Waals surface area (Å²) in [5.41, 5.74) is 0.0237. The number of carbonyl (C=O) groups is 2. The van der Waals surface area contributed by atoms with Crippen molar-refractivity contribution in [2.75, 3.05) is 31.7 Å². The maximum absolute atomic E-state index is 13.3. The number of aliphatic hydroxyl groups is 1. The SMILES string of the molecule is COC(=O)c1ccc(C(=O)OC)c(S(=O)(=O)N(CCO)c2ccccc2)c1. The Kier molecular flexibility index (Phi) is 6.54. The van der Waals surface area contributed by atoms with Crippen LogP contribution in [-0.2, 0) is 19.5 Å². The Hall–Kier alpha value is -2.91. The Labute approximate surface area is 157 Å². The average molecular weight is 393 g/mol. The van der Waals surface area contributed by atoms with Gasteiger partial charge in [-0.25, -0.2) is 18.0 Å². The monoisotopic (exact) mass is 393 g/mol. The van der Waals surface area contributed by atoms with Gasteiger partial charge in [0.15, 0.2) is 0 Å². The minimum Gasteiger partial charge on any atom is -0.465 e. The van der Waals surface area contributed by atoms with Crippen LogP contribution >= 0.6 is 0 Å². The highest BCUT2D eigenvalue weighted by Crippen LogP contribution is 2.27. The van der Waals surface area contributed by atoms with Gasteiger partial charge in [0.2, 0.25) is 0 Å². The number of hydrogen-bond acceptors (Lipinski definition) is 7. The molecular weight excluding hydrogens is 374 g/mol. The molecule has 0 aromatic heterocycles. The van der Waals surface area contributed by atoms with E-state index >= 15 is 0 Å². The second kappa shape index (κ2) is 8.65. The predicted octanol–water partition coefficient (Wildman–Crippen LogP) is 1.45. The first-order valence-corrected chi connectivity index (χ1v) is 9.30. The lowest BCUT2D eigenvalue weighted by atomic mass is 10.1. The number of para-hydroxylation sites is 1. The standard InChI is InChI=1S/C18H19NO7S/c1-25-17(21)13-8-9-15(18(22)26-2)16(12-13)27(23,24)19(10-11-20)14-6-4-3-5-7-14/h3-9,12,20H,10-11H2,1-2H3. The number of nitrogens with zero attached hydrogens (tertiary/aromatic N) is 1. The van der Waals surface area contributed by atoms with E-state index in [0.29, 0.717) is 5.69 Å². The van der Waals surface area contributed by atoms with E-state index < -0.39 is 33.5 Å². The van der Waals surface area contributed by atoms with Crippen LogP contribution in [-0.4, -0.2) is 52.8 Å². The third-order valence-electron chi connectivity index (χ3n) is 3.72. The number of sulfonamides is 1. The van der Waals surface area contributed by atoms with Gasteiger partial charge in [0.1, 0.15) is 4.90 Å². The highest BCUT2D eigenvalue weighted by Gasteiger charge is 2.30. The molecule has 0 unspecified atom stereocenters. The molecule has 9 heteroatoms. The van der Waals surface area contributed by atoms with Gasteiger partial charge in [-0.2, -0.15) is 0 Å². The summed E-state index contributed by atoms with van der Waals surface area (Å²) in [4.78, 5) is 23.5. The van der Waals surface area contributed by atoms with Crippen molar-refractivity contribution in [1.29, 1.82) is 0 Å². The minimum atomic E-state index is -4.30. The zero-order valence-electron chi connectivity index (χ0n) is 14.8. The van der Waals surface area contributed by atoms with Crippen LogP contribution in [0.1, 0.15) is 20.7 Å². The number of hydrogen-bond donors (Lipinski definition) is 1. The second-order valence-electron chi connectivity index (χ2n) is 5.33. The van der Waals surface area contributed by atoms with Crippen molar-refractivity contribution < 1.29 is 32.6 Å². The van der Waals surface area contributed by atoms with E-state index in [2.05, 4.69) is 9.47 Å². The van der Waals surface area contributed by atoms with Gasteiger partial charge in [-0.05, 0) is 30.3 Å². The van der Waals surface area contributed by atoms with E-state index in [1.807, 2.05) is 0 Å². The fourth-order valence-corrected chi connectivity index (χ4v) is 4.11. The van der Waals surface area contributed by atoms with Gasteiger partial charge in [-0.15, -0.1) is 0 Å². The van der Waals surface area contributed by atoms with Gasteiger partial charge in [0.05, 0.1) is 44.2 Å². The molecule has 0 spiro atoms. The lowest BCUT2D eigenvalue weighted by molar-refractivity contribution is 0.0583. The Morgan fingerprint density at radius 2 is 1.63 bits per heavy atom. The van der Waals surface area contributed by atoms with Crippen LogP contribution in [0.5, 0.6) is 0 Å². The van der Waals surface area contributed by atoms with Crippen molar-refractivity contribution in [3.05, 3.63) is 59.7 Å². The molecule has 0 atom stereocenters. The van der Waals surface area contributed by atoms with Gasteiger partial charge in [0.25, 0.3) is 10.0 Å². The van der Waals surface area contributed by atoms with E-state index in [0.717, 1.165) is 24.6 Å². The van der Waals surface area contributed by atoms with Crippen molar-refractivity contribution in [1.82, 2.24) is 0 Å². The first kappa shape index (κ1) is 20.4. The Morgan fingerprint density at radius 3 is 2.19 bits per heavy atom. The molecule has 0 aliphatic heterocycles. The molecule has 0 saturated heterocycles. The molecule has 0 amide bonds. The topological polar surface area (TPSA) is 110 Å². The Balaban J connectivity index is 2.70. The first-order valence-electron chi connectivity index (χ1n) is 7.86. The first-order chi connectivity index (χ1) is 12.9. The maximum Gasteiger partial charge on any atom is 0.339 e. The van der Waals surface area contributed by atoms with Crippen LogP contribution in [0.25, 0.3) is 0 Å². The number of esters is 2. The zero-order chi connectivity index (χ0) is 20.0. The van der Waals surface area contributed by atoms with Crippen molar-refractivity contribution in [2.45, 2.75) is 4.90 Å². The number of carbonyl (C=O) groups excluding carboxylic acids is 2. The van der Waals surface area contributed by atoms with Crippen molar-refractivity contribution in [3.63, 3.8) is 0 Å². The zero-order valence-corrected chi connectivity index (χ0v) is 15.6. The lowest BCUT2D eigenvalue weighted by Gasteiger charge is -2.24. The number of anilines is 1. The second-order valence-corrected chi connectivity index (χ2v) is 7.16. The summed E-state index contributed by atoms with van der Waals surface area (Å²) < 4.78 is 36.8. The molecule has 0 radical (unpaired) electrons. The van der Waals surface area contributed by atoms with Gasteiger partial charge in [-0.1, -0.05) is 18.2 Å². The maximum atomic E-state index is 13.3. The van der Waals surface area contributed by atoms with E-state index in [4.69, 9.17) is 0 Å². The predicted molar refractivity (Wildman–Crippen MR) is 97.2 cm³/mol. The molecule has 0 bridgehead atoms. The van der Waals surface area contributed by atoms with E-state index in [1.54, 1.807) is 30.3 Å². The number of benzene rings is 2. The normalized spacial score (nSPS) is 10.9. The number of aliphatic hydroxyl groups excluding tert-OH is 1. The van der Waals surface area contributed by atoms with E-state index in [-0.39, 0.29) is 17.7 Å². The van der Waals surface area contributed by atoms with Crippen LogP contribution in [0, 0.1) is 0 Å². The van der Waals surface area contributed by atoms with Crippen molar-refractivity contribution >= 4 is 27.6 Å². The molecule has 144 valence electrons. The molecule has 0 heterocycles. The highest BCUT2D eigenvalue weighted by atomic mass is 32.2. The molecule has 2 aromatic carbocycles. The van der Waals surface area contributed by atoms with Gasteiger partial charge < -0.3 is 14.6 Å². The van der Waals surface area contributed by atoms with Crippen LogP contribution in [0.3, 0.4) is 0 Å². The van der Waals surface area contributed by atoms with E-state index in [1.165, 1.54) is 12.1 Å². The van der Waals surface area contributed by atoms with Crippen molar-refractivity contribution in [2.24, 2.45) is 0 Å². The third-order valence-corrected chi connectivity index (χ3v) is 5.59. The fraction of sp³-hybridized carbons (Fsp3) is 0.222. The number of rotatable bonds is 7. The van der Waals surface area contributed by atoms with Gasteiger partial charge >= 0.3 is 11.9 Å². The van der Waals surface area contributed by atoms with Gasteiger partial charge in [0, 0.05) is 0 Å². The number of methoxy groups -OCH3 is 2. The summed E-state index contributed by atoms with van der Waals surface area (Å²) in [5.74, 6) is -1.63. The van der Waals surface area contributed by atoms with Crippen LogP contribution in [0.2, 0.25) is 0 Å². The summed E-state index contributed by atoms with van der Waals surface area (Å²) >= 11 is 0. The Morgan fingerprint density at radius 1 is 1.00 bits per heavy atom. The highest BCUT2D eigenvalue weighted by molar-refractivity contribution is 7.93. The summed E-state index contributed by atoms with van der Waals surface area (Å²) in [5, 5.41) is 9.34. The summed E-state index contributed by atoms with van der Waals surface area (Å²) in [6, 6.07) is 11.6. The number of ether oxygens (including phenoxy) is 2. The molecule has 0 aliphatic carbocycles. The van der Waals surface area contributed by atoms with Crippen LogP contribution in [0.4, 0.5) is 5.69 Å². The average Bonchev–Trinajstić information content (AvgIpc) is 2.70. The molecule has 8 nitrogen and oxygen atoms in total. The summed E-state index contributed by atoms with van der Waals surface area (Å²) in [7, 11) is -2.02. The van der Waals surface area contributed by atoms with Crippen LogP contribution < -0.4 is 4.31 Å². The Bertz CT molecular complexity index is 926. The smallest absolute Gasteiger partial charge is 0.339 e. The van der Waals surface area contributed by atoms with E-state index in [9.17, 15) is 23.1 Å². The molecule has 0 saturated carbocycles. The summed E-state index contributed by atoms with van der Waals surface area (Å²) in [6.07, 6.45) is 0. The largest absolute Gasteiger partial charge is 0.465 e. The molecule has 0 aliphatic rings. The lowest BCUT2D eigenvalue weighted by Crippen LogP contribution is -2.34. The summed E-state index contributed by atoms with van der Waals surface area (Å²) in [6.45, 7) is -0.687.